The lowest BCUT2D eigenvalue weighted by Gasteiger charge is -2.27. The second-order valence-corrected chi connectivity index (χ2v) is 7.06. The monoisotopic (exact) mass is 298 g/mol. The predicted molar refractivity (Wildman–Crippen MR) is 84.7 cm³/mol. The summed E-state index contributed by atoms with van der Waals surface area (Å²) in [5.41, 5.74) is 0.918. The zero-order valence-corrected chi connectivity index (χ0v) is 13.6. The van der Waals surface area contributed by atoms with E-state index < -0.39 is 5.72 Å². The first-order valence-electron chi connectivity index (χ1n) is 7.65. The predicted octanol–water partition coefficient (Wildman–Crippen LogP) is 2.74. The summed E-state index contributed by atoms with van der Waals surface area (Å²) in [6.07, 6.45) is 2.22. The van der Waals surface area contributed by atoms with Crippen molar-refractivity contribution < 1.29 is 4.84 Å². The molecule has 0 saturated heterocycles. The van der Waals surface area contributed by atoms with E-state index in [-0.39, 0.29) is 5.54 Å². The minimum Gasteiger partial charge on any atom is -0.350 e. The number of guanidine groups is 1. The lowest BCUT2D eigenvalue weighted by Crippen LogP contribution is -2.46. The van der Waals surface area contributed by atoms with E-state index in [9.17, 15) is 0 Å². The van der Waals surface area contributed by atoms with Gasteiger partial charge in [0.05, 0.1) is 11.6 Å². The molecule has 5 heteroatoms. The van der Waals surface area contributed by atoms with Crippen LogP contribution in [0.5, 0.6) is 0 Å². The number of rotatable bonds is 2. The first-order valence-corrected chi connectivity index (χ1v) is 7.65. The Labute approximate surface area is 131 Å². The van der Waals surface area contributed by atoms with Crippen LogP contribution in [0.2, 0.25) is 0 Å². The third kappa shape index (κ3) is 2.67. The minimum absolute atomic E-state index is 0.0826. The maximum atomic E-state index is 8.96. The van der Waals surface area contributed by atoms with Crippen LogP contribution in [0.3, 0.4) is 0 Å². The summed E-state index contributed by atoms with van der Waals surface area (Å²) in [5, 5.41) is 14.1. The van der Waals surface area contributed by atoms with Gasteiger partial charge in [-0.15, -0.1) is 0 Å². The topological polar surface area (TPSA) is 60.6 Å². The highest BCUT2D eigenvalue weighted by Crippen LogP contribution is 2.51. The van der Waals surface area contributed by atoms with E-state index in [1.807, 2.05) is 31.3 Å². The van der Waals surface area contributed by atoms with Gasteiger partial charge in [-0.1, -0.05) is 12.1 Å². The van der Waals surface area contributed by atoms with Gasteiger partial charge < -0.3 is 5.32 Å². The SMILES string of the molecule is CN1OC(c2ccc(C#N)cc2)(C2CC2)N=C1NC(C)(C)C. The van der Waals surface area contributed by atoms with Gasteiger partial charge in [-0.2, -0.15) is 5.26 Å². The second kappa shape index (κ2) is 4.99. The van der Waals surface area contributed by atoms with Crippen molar-refractivity contribution in [3.8, 4) is 6.07 Å². The van der Waals surface area contributed by atoms with Gasteiger partial charge in [0.2, 0.25) is 11.7 Å². The number of aliphatic imine (C=N–C) groups is 1. The van der Waals surface area contributed by atoms with Gasteiger partial charge in [0.1, 0.15) is 0 Å². The third-order valence-electron chi connectivity index (χ3n) is 3.89. The van der Waals surface area contributed by atoms with Crippen LogP contribution in [0.4, 0.5) is 0 Å². The van der Waals surface area contributed by atoms with Gasteiger partial charge in [0.15, 0.2) is 0 Å². The van der Waals surface area contributed by atoms with Crippen LogP contribution in [0.1, 0.15) is 44.7 Å². The van der Waals surface area contributed by atoms with Crippen LogP contribution in [0.25, 0.3) is 0 Å². The van der Waals surface area contributed by atoms with E-state index >= 15 is 0 Å². The summed E-state index contributed by atoms with van der Waals surface area (Å²) in [7, 11) is 1.88. The van der Waals surface area contributed by atoms with Crippen molar-refractivity contribution in [2.24, 2.45) is 10.9 Å². The maximum absolute atomic E-state index is 8.96. The van der Waals surface area contributed by atoms with Gasteiger partial charge in [-0.25, -0.2) is 14.9 Å². The van der Waals surface area contributed by atoms with E-state index in [1.54, 1.807) is 5.06 Å². The van der Waals surface area contributed by atoms with Crippen molar-refractivity contribution in [1.29, 1.82) is 5.26 Å². The van der Waals surface area contributed by atoms with E-state index in [2.05, 4.69) is 32.2 Å². The van der Waals surface area contributed by atoms with Gasteiger partial charge in [-0.3, -0.25) is 0 Å². The molecule has 0 aromatic heterocycles. The number of hydrogen-bond donors (Lipinski definition) is 1. The molecule has 1 aromatic carbocycles. The standard InChI is InChI=1S/C17H22N4O/c1-16(2,3)19-15-20-17(14-9-10-14,22-21(15)4)13-7-5-12(11-18)6-8-13/h5-8,14H,9-10H2,1-4H3,(H,19,20). The Morgan fingerprint density at radius 1 is 1.32 bits per heavy atom. The number of nitrogens with one attached hydrogen (secondary N) is 1. The summed E-state index contributed by atoms with van der Waals surface area (Å²) >= 11 is 0. The molecule has 0 bridgehead atoms. The molecule has 1 aliphatic carbocycles. The Bertz CT molecular complexity index is 634. The molecule has 1 atom stereocenters. The fraction of sp³-hybridized carbons (Fsp3) is 0.529. The van der Waals surface area contributed by atoms with Crippen molar-refractivity contribution in [3.05, 3.63) is 35.4 Å². The van der Waals surface area contributed by atoms with E-state index in [0.29, 0.717) is 11.5 Å². The Hall–Kier alpha value is -2.06. The quantitative estimate of drug-likeness (QED) is 0.912. The minimum atomic E-state index is -0.656. The smallest absolute Gasteiger partial charge is 0.221 e. The summed E-state index contributed by atoms with van der Waals surface area (Å²) in [4.78, 5) is 11.1. The van der Waals surface area contributed by atoms with Crippen LogP contribution < -0.4 is 5.32 Å². The highest BCUT2D eigenvalue weighted by atomic mass is 16.7. The summed E-state index contributed by atoms with van der Waals surface area (Å²) in [5.74, 6) is 1.14. The molecule has 1 saturated carbocycles. The van der Waals surface area contributed by atoms with Crippen LogP contribution in [-0.4, -0.2) is 23.6 Å². The summed E-state index contributed by atoms with van der Waals surface area (Å²) < 4.78 is 0. The molecular formula is C17H22N4O. The summed E-state index contributed by atoms with van der Waals surface area (Å²) in [6, 6.07) is 9.71. The molecule has 1 unspecified atom stereocenters. The average molecular weight is 298 g/mol. The van der Waals surface area contributed by atoms with Gasteiger partial charge >= 0.3 is 0 Å². The normalized spacial score (nSPS) is 24.9. The number of hydroxylamine groups is 2. The molecule has 116 valence electrons. The van der Waals surface area contributed by atoms with Crippen molar-refractivity contribution >= 4 is 5.96 Å². The molecular weight excluding hydrogens is 276 g/mol. The van der Waals surface area contributed by atoms with E-state index in [1.165, 1.54) is 0 Å². The molecule has 3 rings (SSSR count). The van der Waals surface area contributed by atoms with Crippen LogP contribution in [0.15, 0.2) is 29.3 Å². The molecule has 5 nitrogen and oxygen atoms in total. The Balaban J connectivity index is 1.97. The Kier molecular flexibility index (Phi) is 3.37. The highest BCUT2D eigenvalue weighted by molar-refractivity contribution is 5.81. The van der Waals surface area contributed by atoms with Crippen molar-refractivity contribution in [3.63, 3.8) is 0 Å². The summed E-state index contributed by atoms with van der Waals surface area (Å²) in [6.45, 7) is 6.30. The molecule has 2 aliphatic rings. The van der Waals surface area contributed by atoms with E-state index in [4.69, 9.17) is 15.1 Å². The molecule has 1 heterocycles. The van der Waals surface area contributed by atoms with Gasteiger partial charge in [0, 0.05) is 24.1 Å². The number of benzene rings is 1. The van der Waals surface area contributed by atoms with Gasteiger partial charge in [-0.05, 0) is 45.7 Å². The lowest BCUT2D eigenvalue weighted by atomic mass is 9.97. The fourth-order valence-corrected chi connectivity index (χ4v) is 2.72. The van der Waals surface area contributed by atoms with Gasteiger partial charge in [0.25, 0.3) is 0 Å². The zero-order valence-electron chi connectivity index (χ0n) is 13.6. The number of nitriles is 1. The molecule has 0 radical (unpaired) electrons. The number of nitrogens with zero attached hydrogens (tertiary/aromatic N) is 3. The van der Waals surface area contributed by atoms with Crippen LogP contribution in [0, 0.1) is 17.2 Å². The molecule has 1 fully saturated rings. The van der Waals surface area contributed by atoms with Crippen molar-refractivity contribution in [2.75, 3.05) is 7.05 Å². The maximum Gasteiger partial charge on any atom is 0.221 e. The zero-order chi connectivity index (χ0) is 16.0. The first-order chi connectivity index (χ1) is 10.3. The van der Waals surface area contributed by atoms with Crippen molar-refractivity contribution in [1.82, 2.24) is 10.4 Å². The van der Waals surface area contributed by atoms with Crippen molar-refractivity contribution in [2.45, 2.75) is 44.9 Å². The Morgan fingerprint density at radius 2 is 1.95 bits per heavy atom. The molecule has 22 heavy (non-hydrogen) atoms. The van der Waals surface area contributed by atoms with E-state index in [0.717, 1.165) is 24.4 Å². The molecule has 1 N–H and O–H groups in total. The van der Waals surface area contributed by atoms with Crippen LogP contribution in [-0.2, 0) is 10.6 Å². The second-order valence-electron chi connectivity index (χ2n) is 7.06. The lowest BCUT2D eigenvalue weighted by molar-refractivity contribution is -0.184. The number of hydrogen-bond acceptors (Lipinski definition) is 5. The Morgan fingerprint density at radius 3 is 2.45 bits per heavy atom. The molecule has 0 amide bonds. The fourth-order valence-electron chi connectivity index (χ4n) is 2.72. The first kappa shape index (κ1) is 14.9. The average Bonchev–Trinajstić information content (AvgIpc) is 3.25. The largest absolute Gasteiger partial charge is 0.350 e. The molecule has 1 aliphatic heterocycles. The molecule has 1 aromatic rings. The molecule has 0 spiro atoms. The van der Waals surface area contributed by atoms with Crippen LogP contribution >= 0.6 is 0 Å². The third-order valence-corrected chi connectivity index (χ3v) is 3.89. The highest BCUT2D eigenvalue weighted by Gasteiger charge is 2.53.